The van der Waals surface area contributed by atoms with Crippen LogP contribution in [0.25, 0.3) is 21.9 Å². The van der Waals surface area contributed by atoms with Crippen molar-refractivity contribution in [3.8, 4) is 21.9 Å². The number of hydrogen-bond acceptors (Lipinski definition) is 14. The Morgan fingerprint density at radius 2 is 1.07 bits per heavy atom. The SMILES string of the molecule is CC1=C(C#N)C(=O)N(C(=O)OCc2ccccc2)C(=O)/C1=C\c1nc2c(s1)-c1sc(/C=C3\C(=O)N(C(=O)OCc4ccccc4)C(=O)C(C#N)=C3C)nc1C21CCCCC1. The van der Waals surface area contributed by atoms with Crippen LogP contribution in [0.5, 0.6) is 0 Å². The predicted molar refractivity (Wildman–Crippen MR) is 217 cm³/mol. The number of nitriles is 2. The van der Waals surface area contributed by atoms with Crippen molar-refractivity contribution in [3.05, 3.63) is 127 Å². The Hall–Kier alpha value is -7.14. The number of hydrogen-bond donors (Lipinski definition) is 0. The Bertz CT molecular complexity index is 2580. The topological polar surface area (TPSA) is 201 Å². The Balaban J connectivity index is 1.14. The first-order valence-corrected chi connectivity index (χ1v) is 20.5. The highest BCUT2D eigenvalue weighted by Crippen LogP contribution is 2.59. The van der Waals surface area contributed by atoms with E-state index in [1.165, 1.54) is 48.7 Å². The average Bonchev–Trinajstić information content (AvgIpc) is 3.93. The number of benzene rings is 2. The fourth-order valence-corrected chi connectivity index (χ4v) is 10.2. The third kappa shape index (κ3) is 6.75. The number of carbonyl (C=O) groups is 6. The molecule has 2 aliphatic heterocycles. The minimum absolute atomic E-state index is 0.0596. The maximum atomic E-state index is 13.9. The molecule has 14 nitrogen and oxygen atoms in total. The van der Waals surface area contributed by atoms with E-state index in [4.69, 9.17) is 19.4 Å². The summed E-state index contributed by atoms with van der Waals surface area (Å²) < 4.78 is 10.6. The number of imide groups is 6. The van der Waals surface area contributed by atoms with Crippen molar-refractivity contribution in [2.45, 2.75) is 64.6 Å². The van der Waals surface area contributed by atoms with Crippen molar-refractivity contribution in [2.24, 2.45) is 0 Å². The van der Waals surface area contributed by atoms with Crippen molar-refractivity contribution >= 4 is 70.6 Å². The van der Waals surface area contributed by atoms with Gasteiger partial charge in [0, 0.05) is 11.1 Å². The molecule has 2 aromatic carbocycles. The van der Waals surface area contributed by atoms with Crippen LogP contribution in [0.4, 0.5) is 9.59 Å². The summed E-state index contributed by atoms with van der Waals surface area (Å²) in [5.74, 6) is -4.04. The van der Waals surface area contributed by atoms with Crippen LogP contribution in [0.1, 0.15) is 78.5 Å². The molecule has 0 unspecified atom stereocenters. The quantitative estimate of drug-likeness (QED) is 0.136. The highest BCUT2D eigenvalue weighted by Gasteiger charge is 2.50. The van der Waals surface area contributed by atoms with Crippen molar-refractivity contribution in [3.63, 3.8) is 0 Å². The molecule has 4 heterocycles. The van der Waals surface area contributed by atoms with Gasteiger partial charge >= 0.3 is 12.2 Å². The monoisotopic (exact) mass is 836 g/mol. The van der Waals surface area contributed by atoms with Gasteiger partial charge in [-0.15, -0.1) is 22.7 Å². The highest BCUT2D eigenvalue weighted by molar-refractivity contribution is 7.23. The standard InChI is InChI=1S/C44H32N6O8S2/c1-24-28(38(51)49(40(53)30(24)20-45)42(55)57-22-26-12-6-3-7-13-26)18-32-47-36-34(59-32)35-37(44(36)16-10-5-11-17-44)48-33(60-35)19-29-25(2)31(21-46)41(54)50(39(29)52)43(56)58-23-27-14-8-4-9-15-27/h3-4,6-9,12-15,18-19H,5,10-11,16-17,22-23H2,1-2H3/b28-18-,29-19-. The molecule has 2 aliphatic carbocycles. The van der Waals surface area contributed by atoms with Crippen LogP contribution in [-0.4, -0.2) is 55.6 Å². The summed E-state index contributed by atoms with van der Waals surface area (Å²) in [7, 11) is 0. The summed E-state index contributed by atoms with van der Waals surface area (Å²) in [6.07, 6.45) is 4.78. The van der Waals surface area contributed by atoms with Gasteiger partial charge in [0.1, 0.15) is 46.5 Å². The van der Waals surface area contributed by atoms with E-state index in [1.54, 1.807) is 60.7 Å². The minimum atomic E-state index is -1.21. The molecule has 1 fully saturated rings. The Kier molecular flexibility index (Phi) is 10.5. The Morgan fingerprint density at radius 3 is 1.45 bits per heavy atom. The average molecular weight is 837 g/mol. The molecule has 8 rings (SSSR count). The number of ether oxygens (including phenoxy) is 2. The molecule has 4 aromatic rings. The zero-order chi connectivity index (χ0) is 42.3. The van der Waals surface area contributed by atoms with E-state index in [-0.39, 0.29) is 46.7 Å². The third-order valence-electron chi connectivity index (χ3n) is 10.9. The van der Waals surface area contributed by atoms with Gasteiger partial charge in [0.05, 0.1) is 26.6 Å². The van der Waals surface area contributed by atoms with E-state index < -0.39 is 41.2 Å². The summed E-state index contributed by atoms with van der Waals surface area (Å²) in [6.45, 7) is 2.55. The number of fused-ring (bicyclic) bond motifs is 5. The number of amides is 6. The van der Waals surface area contributed by atoms with E-state index in [0.29, 0.717) is 30.9 Å². The molecule has 298 valence electrons. The van der Waals surface area contributed by atoms with Crippen LogP contribution in [0, 0.1) is 22.7 Å². The van der Waals surface area contributed by atoms with Crippen molar-refractivity contribution < 1.29 is 38.2 Å². The zero-order valence-corrected chi connectivity index (χ0v) is 33.8. The summed E-state index contributed by atoms with van der Waals surface area (Å²) in [5.41, 5.74) is 1.58. The maximum Gasteiger partial charge on any atom is 0.424 e. The van der Waals surface area contributed by atoms with Gasteiger partial charge in [-0.25, -0.2) is 19.6 Å². The summed E-state index contributed by atoms with van der Waals surface area (Å²) in [4.78, 5) is 92.9. The molecule has 0 N–H and O–H groups in total. The number of nitrogens with zero attached hydrogens (tertiary/aromatic N) is 6. The van der Waals surface area contributed by atoms with Gasteiger partial charge < -0.3 is 9.47 Å². The van der Waals surface area contributed by atoms with E-state index in [9.17, 15) is 39.3 Å². The molecule has 0 atom stereocenters. The molecule has 60 heavy (non-hydrogen) atoms. The smallest absolute Gasteiger partial charge is 0.424 e. The summed E-state index contributed by atoms with van der Waals surface area (Å²) in [6, 6.07) is 21.2. The molecule has 1 saturated carbocycles. The van der Waals surface area contributed by atoms with Gasteiger partial charge in [-0.2, -0.15) is 20.3 Å². The summed E-state index contributed by atoms with van der Waals surface area (Å²) in [5, 5.41) is 20.7. The van der Waals surface area contributed by atoms with Crippen LogP contribution in [0.15, 0.2) is 94.1 Å². The van der Waals surface area contributed by atoms with E-state index >= 15 is 0 Å². The Morgan fingerprint density at radius 1 is 0.667 bits per heavy atom. The summed E-state index contributed by atoms with van der Waals surface area (Å²) >= 11 is 2.56. The third-order valence-corrected chi connectivity index (χ3v) is 13.1. The molecule has 0 bridgehead atoms. The van der Waals surface area contributed by atoms with Gasteiger partial charge in [0.15, 0.2) is 0 Å². The van der Waals surface area contributed by atoms with Crippen LogP contribution < -0.4 is 0 Å². The van der Waals surface area contributed by atoms with Gasteiger partial charge in [-0.3, -0.25) is 19.2 Å². The first-order chi connectivity index (χ1) is 29.0. The lowest BCUT2D eigenvalue weighted by Crippen LogP contribution is -2.46. The molecule has 2 aromatic heterocycles. The van der Waals surface area contributed by atoms with Crippen LogP contribution >= 0.6 is 22.7 Å². The molecule has 16 heteroatoms. The predicted octanol–water partition coefficient (Wildman–Crippen LogP) is 7.69. The first-order valence-electron chi connectivity index (χ1n) is 18.9. The van der Waals surface area contributed by atoms with Gasteiger partial charge in [-0.05, 0) is 61.1 Å². The molecule has 0 saturated heterocycles. The second-order valence-corrected chi connectivity index (χ2v) is 16.5. The maximum absolute atomic E-state index is 13.9. The van der Waals surface area contributed by atoms with E-state index in [2.05, 4.69) is 0 Å². The molecular weight excluding hydrogens is 805 g/mol. The van der Waals surface area contributed by atoms with Crippen molar-refractivity contribution in [1.82, 2.24) is 19.8 Å². The second-order valence-electron chi connectivity index (χ2n) is 14.4. The van der Waals surface area contributed by atoms with Gasteiger partial charge in [-0.1, -0.05) is 79.9 Å². The molecule has 6 amide bonds. The van der Waals surface area contributed by atoms with Crippen LogP contribution in [-0.2, 0) is 47.3 Å². The number of thiazole rings is 2. The van der Waals surface area contributed by atoms with E-state index in [0.717, 1.165) is 53.2 Å². The normalized spacial score (nSPS) is 18.5. The van der Waals surface area contributed by atoms with Crippen LogP contribution in [0.3, 0.4) is 0 Å². The fraction of sp³-hybridized carbons (Fsp3) is 0.227. The first kappa shape index (κ1) is 39.7. The Labute approximate surface area is 351 Å². The lowest BCUT2D eigenvalue weighted by atomic mass is 9.72. The molecule has 4 aliphatic rings. The zero-order valence-electron chi connectivity index (χ0n) is 32.1. The second kappa shape index (κ2) is 15.9. The number of aromatic nitrogens is 2. The lowest BCUT2D eigenvalue weighted by molar-refractivity contribution is -0.140. The van der Waals surface area contributed by atoms with E-state index in [1.807, 2.05) is 12.1 Å². The largest absolute Gasteiger partial charge is 0.444 e. The van der Waals surface area contributed by atoms with Gasteiger partial charge in [0.25, 0.3) is 23.6 Å². The lowest BCUT2D eigenvalue weighted by Gasteiger charge is -2.32. The number of carbonyl (C=O) groups excluding carboxylic acids is 6. The minimum Gasteiger partial charge on any atom is -0.444 e. The van der Waals surface area contributed by atoms with Crippen LogP contribution in [0.2, 0.25) is 0 Å². The fourth-order valence-electron chi connectivity index (χ4n) is 7.80. The molecular formula is C44H32N6O8S2. The number of rotatable bonds is 6. The van der Waals surface area contributed by atoms with Crippen molar-refractivity contribution in [2.75, 3.05) is 0 Å². The van der Waals surface area contributed by atoms with Crippen molar-refractivity contribution in [1.29, 1.82) is 10.5 Å². The van der Waals surface area contributed by atoms with Gasteiger partial charge in [0.2, 0.25) is 0 Å². The molecule has 0 radical (unpaired) electrons. The highest BCUT2D eigenvalue weighted by atomic mass is 32.1. The molecule has 1 spiro atoms.